The molecule has 3 aliphatic rings. The van der Waals surface area contributed by atoms with Gasteiger partial charge in [0.15, 0.2) is 5.76 Å². The molecule has 9 nitrogen and oxygen atoms in total. The minimum atomic E-state index is -0.581. The second-order valence-electron chi connectivity index (χ2n) is 11.2. The molecule has 2 aromatic rings. The fourth-order valence-corrected chi connectivity index (χ4v) is 6.52. The largest absolute Gasteiger partial charge is 0.464 e. The summed E-state index contributed by atoms with van der Waals surface area (Å²) >= 11 is 0. The number of carbonyl (C=O) groups is 1. The Morgan fingerprint density at radius 1 is 1.00 bits per heavy atom. The fourth-order valence-electron chi connectivity index (χ4n) is 6.52. The van der Waals surface area contributed by atoms with Crippen LogP contribution < -0.4 is 0 Å². The number of amides is 1. The summed E-state index contributed by atoms with van der Waals surface area (Å²) in [5, 5.41) is 9.92. The van der Waals surface area contributed by atoms with Gasteiger partial charge in [-0.3, -0.25) is 4.79 Å². The summed E-state index contributed by atoms with van der Waals surface area (Å²) in [4.78, 5) is 18.4. The lowest BCUT2D eigenvalue weighted by Gasteiger charge is -2.41. The summed E-state index contributed by atoms with van der Waals surface area (Å²) in [7, 11) is 0. The van der Waals surface area contributed by atoms with Crippen LogP contribution in [-0.4, -0.2) is 99.0 Å². The molecule has 0 bridgehead atoms. The highest BCUT2D eigenvalue weighted by atomic mass is 16.7. The Bertz CT molecular complexity index is 1120. The molecule has 41 heavy (non-hydrogen) atoms. The van der Waals surface area contributed by atoms with Crippen molar-refractivity contribution in [2.75, 3.05) is 65.8 Å². The van der Waals surface area contributed by atoms with Gasteiger partial charge in [0.25, 0.3) is 5.91 Å². The lowest BCUT2D eigenvalue weighted by atomic mass is 9.81. The lowest BCUT2D eigenvalue weighted by molar-refractivity contribution is -0.172. The van der Waals surface area contributed by atoms with Crippen LogP contribution in [0.2, 0.25) is 0 Å². The minimum Gasteiger partial charge on any atom is -0.464 e. The molecule has 3 unspecified atom stereocenters. The summed E-state index contributed by atoms with van der Waals surface area (Å²) < 4.78 is 29.6. The Morgan fingerprint density at radius 3 is 2.51 bits per heavy atom. The smallest absolute Gasteiger partial charge is 0.288 e. The van der Waals surface area contributed by atoms with E-state index in [1.54, 1.807) is 0 Å². The number of ether oxygens (including phenoxy) is 4. The van der Waals surface area contributed by atoms with E-state index in [9.17, 15) is 4.79 Å². The van der Waals surface area contributed by atoms with Gasteiger partial charge in [0, 0.05) is 55.1 Å². The third kappa shape index (κ3) is 7.51. The number of likely N-dealkylation sites (tertiary alicyclic amines) is 2. The minimum absolute atomic E-state index is 0.000368. The maximum atomic E-state index is 13.8. The van der Waals surface area contributed by atoms with Gasteiger partial charge in [0.1, 0.15) is 5.58 Å². The lowest BCUT2D eigenvalue weighted by Crippen LogP contribution is -2.49. The zero-order chi connectivity index (χ0) is 28.4. The fraction of sp³-hybridized carbons (Fsp3) is 0.656. The molecule has 1 amide bonds. The molecule has 226 valence electrons. The SMILES string of the molecule is CCOC1OC(C(=O)N2CCC(N3CCCCC3)CC2)=CC(c2coc3ccccc23)C1CCOCCOCCO. The molecule has 0 aliphatic carbocycles. The normalized spacial score (nSPS) is 24.4. The number of furan rings is 1. The van der Waals surface area contributed by atoms with Crippen molar-refractivity contribution in [1.82, 2.24) is 9.80 Å². The number of aliphatic hydroxyl groups is 1. The topological polar surface area (TPSA) is 93.8 Å². The van der Waals surface area contributed by atoms with E-state index in [-0.39, 0.29) is 24.3 Å². The van der Waals surface area contributed by atoms with E-state index in [4.69, 9.17) is 28.5 Å². The van der Waals surface area contributed by atoms with Gasteiger partial charge < -0.3 is 38.3 Å². The third-order valence-corrected chi connectivity index (χ3v) is 8.66. The Hall–Kier alpha value is -2.43. The second kappa shape index (κ2) is 15.2. The standard InChI is InChI=1S/C32H46N2O7/c1-2-39-32-26(12-18-37-20-21-38-19-17-35)27(28-23-40-29-9-5-4-8-25(28)29)22-30(41-32)31(36)34-15-10-24(11-16-34)33-13-6-3-7-14-33/h4-5,8-9,22-24,26-27,32,35H,2-3,6-7,10-21H2,1H3. The highest BCUT2D eigenvalue weighted by Gasteiger charge is 2.40. The van der Waals surface area contributed by atoms with E-state index in [1.165, 1.54) is 32.4 Å². The van der Waals surface area contributed by atoms with Crippen LogP contribution in [-0.2, 0) is 23.7 Å². The van der Waals surface area contributed by atoms with Crippen LogP contribution in [0.25, 0.3) is 11.0 Å². The van der Waals surface area contributed by atoms with Crippen LogP contribution in [0.5, 0.6) is 0 Å². The average molecular weight is 571 g/mol. The van der Waals surface area contributed by atoms with Gasteiger partial charge in [-0.1, -0.05) is 24.6 Å². The molecule has 3 atom stereocenters. The second-order valence-corrected chi connectivity index (χ2v) is 11.2. The van der Waals surface area contributed by atoms with Crippen molar-refractivity contribution in [3.63, 3.8) is 0 Å². The number of nitrogens with zero attached hydrogens (tertiary/aromatic N) is 2. The van der Waals surface area contributed by atoms with Crippen molar-refractivity contribution in [1.29, 1.82) is 0 Å². The molecule has 1 aromatic carbocycles. The van der Waals surface area contributed by atoms with Gasteiger partial charge in [0.2, 0.25) is 6.29 Å². The van der Waals surface area contributed by atoms with E-state index in [2.05, 4.69) is 11.0 Å². The van der Waals surface area contributed by atoms with Gasteiger partial charge in [-0.05, 0) is 64.3 Å². The van der Waals surface area contributed by atoms with Crippen molar-refractivity contribution in [2.45, 2.75) is 63.7 Å². The van der Waals surface area contributed by atoms with Gasteiger partial charge >= 0.3 is 0 Å². The van der Waals surface area contributed by atoms with Crippen LogP contribution in [0.15, 0.2) is 46.8 Å². The first-order valence-corrected chi connectivity index (χ1v) is 15.5. The zero-order valence-corrected chi connectivity index (χ0v) is 24.4. The first-order chi connectivity index (χ1) is 20.2. The third-order valence-electron chi connectivity index (χ3n) is 8.66. The van der Waals surface area contributed by atoms with E-state index < -0.39 is 6.29 Å². The molecule has 0 spiro atoms. The highest BCUT2D eigenvalue weighted by molar-refractivity contribution is 5.92. The van der Waals surface area contributed by atoms with Crippen molar-refractivity contribution in [2.24, 2.45) is 5.92 Å². The molecule has 2 fully saturated rings. The Morgan fingerprint density at radius 2 is 1.76 bits per heavy atom. The summed E-state index contributed by atoms with van der Waals surface area (Å²) in [6.45, 7) is 7.95. The number of rotatable bonds is 13. The maximum absolute atomic E-state index is 13.8. The van der Waals surface area contributed by atoms with Crippen LogP contribution >= 0.6 is 0 Å². The number of piperidine rings is 2. The molecule has 5 rings (SSSR count). The van der Waals surface area contributed by atoms with E-state index >= 15 is 0 Å². The molecule has 2 saturated heterocycles. The van der Waals surface area contributed by atoms with Gasteiger partial charge in [-0.2, -0.15) is 0 Å². The summed E-state index contributed by atoms with van der Waals surface area (Å²) in [6.07, 6.45) is 9.80. The number of hydrogen-bond acceptors (Lipinski definition) is 8. The number of allylic oxidation sites excluding steroid dienone is 1. The first-order valence-electron chi connectivity index (χ1n) is 15.5. The molecular formula is C32H46N2O7. The number of hydrogen-bond donors (Lipinski definition) is 1. The number of fused-ring (bicyclic) bond motifs is 1. The monoisotopic (exact) mass is 570 g/mol. The van der Waals surface area contributed by atoms with Crippen molar-refractivity contribution in [3.05, 3.63) is 47.9 Å². The summed E-state index contributed by atoms with van der Waals surface area (Å²) in [5.74, 6) is 0.101. The number of carbonyl (C=O) groups excluding carboxylic acids is 1. The van der Waals surface area contributed by atoms with Gasteiger partial charge in [-0.15, -0.1) is 0 Å². The van der Waals surface area contributed by atoms with Gasteiger partial charge in [0.05, 0.1) is 32.7 Å². The Kier molecular flexibility index (Phi) is 11.1. The molecule has 3 aliphatic heterocycles. The summed E-state index contributed by atoms with van der Waals surface area (Å²) in [5.41, 5.74) is 1.85. The zero-order valence-electron chi connectivity index (χ0n) is 24.4. The number of aliphatic hydroxyl groups excluding tert-OH is 1. The van der Waals surface area contributed by atoms with Gasteiger partial charge in [-0.25, -0.2) is 0 Å². The number of benzene rings is 1. The van der Waals surface area contributed by atoms with E-state index in [0.29, 0.717) is 51.3 Å². The highest BCUT2D eigenvalue weighted by Crippen LogP contribution is 2.42. The first kappa shape index (κ1) is 30.0. The van der Waals surface area contributed by atoms with Crippen molar-refractivity contribution >= 4 is 16.9 Å². The van der Waals surface area contributed by atoms with Crippen molar-refractivity contribution in [3.8, 4) is 0 Å². The molecule has 0 saturated carbocycles. The molecule has 0 radical (unpaired) electrons. The predicted molar refractivity (Wildman–Crippen MR) is 155 cm³/mol. The predicted octanol–water partition coefficient (Wildman–Crippen LogP) is 4.30. The quantitative estimate of drug-likeness (QED) is 0.357. The van der Waals surface area contributed by atoms with Crippen molar-refractivity contribution < 1.29 is 33.3 Å². The van der Waals surface area contributed by atoms with E-state index in [0.717, 1.165) is 42.5 Å². The average Bonchev–Trinajstić information content (AvgIpc) is 3.45. The van der Waals surface area contributed by atoms with Crippen LogP contribution in [0, 0.1) is 5.92 Å². The summed E-state index contributed by atoms with van der Waals surface area (Å²) in [6, 6.07) is 8.57. The molecule has 9 heteroatoms. The molecule has 1 aromatic heterocycles. The van der Waals surface area contributed by atoms with Crippen LogP contribution in [0.1, 0.15) is 56.9 Å². The Balaban J connectivity index is 1.32. The maximum Gasteiger partial charge on any atom is 0.288 e. The number of para-hydroxylation sites is 1. The molecular weight excluding hydrogens is 524 g/mol. The Labute approximate surface area is 243 Å². The molecule has 4 heterocycles. The van der Waals surface area contributed by atoms with Crippen LogP contribution in [0.3, 0.4) is 0 Å². The molecule has 1 N–H and O–H groups in total. The van der Waals surface area contributed by atoms with Crippen LogP contribution in [0.4, 0.5) is 0 Å². The van der Waals surface area contributed by atoms with E-state index in [1.807, 2.05) is 42.4 Å².